The fourth-order valence-electron chi connectivity index (χ4n) is 2.01. The summed E-state index contributed by atoms with van der Waals surface area (Å²) < 4.78 is 2.84. The van der Waals surface area contributed by atoms with Crippen LogP contribution in [0.2, 0.25) is 0 Å². The molecule has 1 N–H and O–H groups in total. The summed E-state index contributed by atoms with van der Waals surface area (Å²) in [4.78, 5) is 12.0. The lowest BCUT2D eigenvalue weighted by atomic mass is 10.2. The second kappa shape index (κ2) is 6.22. The lowest BCUT2D eigenvalue weighted by molar-refractivity contribution is 0.0952. The van der Waals surface area contributed by atoms with Crippen molar-refractivity contribution in [3.8, 4) is 0 Å². The van der Waals surface area contributed by atoms with E-state index in [2.05, 4.69) is 33.3 Å². The summed E-state index contributed by atoms with van der Waals surface area (Å²) in [5, 5.41) is 7.36. The Balaban J connectivity index is 1.93. The Morgan fingerprint density at radius 3 is 2.70 bits per heavy atom. The molecule has 2 rings (SSSR count). The first kappa shape index (κ1) is 14.8. The van der Waals surface area contributed by atoms with Crippen LogP contribution in [-0.2, 0) is 6.54 Å². The van der Waals surface area contributed by atoms with Gasteiger partial charge in [0.15, 0.2) is 0 Å². The molecule has 20 heavy (non-hydrogen) atoms. The van der Waals surface area contributed by atoms with E-state index in [0.717, 1.165) is 15.9 Å². The fourth-order valence-corrected chi connectivity index (χ4v) is 2.41. The minimum absolute atomic E-state index is 0.0652. The molecule has 1 aromatic heterocycles. The molecule has 0 aliphatic rings. The van der Waals surface area contributed by atoms with E-state index in [1.54, 1.807) is 6.07 Å². The summed E-state index contributed by atoms with van der Waals surface area (Å²) in [6.07, 6.45) is 0. The van der Waals surface area contributed by atoms with Gasteiger partial charge in [0.25, 0.3) is 5.91 Å². The number of carbonyl (C=O) groups excluding carboxylic acids is 1. The molecule has 0 fully saturated rings. The van der Waals surface area contributed by atoms with Crippen molar-refractivity contribution >= 4 is 21.8 Å². The summed E-state index contributed by atoms with van der Waals surface area (Å²) in [6.45, 7) is 7.35. The lowest BCUT2D eigenvalue weighted by Crippen LogP contribution is -2.27. The molecule has 0 aliphatic carbocycles. The predicted octanol–water partition coefficient (Wildman–Crippen LogP) is 3.00. The Morgan fingerprint density at radius 1 is 1.35 bits per heavy atom. The van der Waals surface area contributed by atoms with E-state index in [9.17, 15) is 4.79 Å². The van der Waals surface area contributed by atoms with Crippen LogP contribution in [0.3, 0.4) is 0 Å². The van der Waals surface area contributed by atoms with Crippen molar-refractivity contribution in [2.75, 3.05) is 6.54 Å². The molecular weight excluding hydrogens is 318 g/mol. The molecule has 0 unspecified atom stereocenters. The summed E-state index contributed by atoms with van der Waals surface area (Å²) in [5.41, 5.74) is 4.06. The van der Waals surface area contributed by atoms with Gasteiger partial charge in [-0.05, 0) is 44.5 Å². The zero-order valence-electron chi connectivity index (χ0n) is 11.9. The second-order valence-corrected chi connectivity index (χ2v) is 5.70. The van der Waals surface area contributed by atoms with Crippen molar-refractivity contribution < 1.29 is 4.79 Å². The van der Waals surface area contributed by atoms with E-state index >= 15 is 0 Å². The Labute approximate surface area is 127 Å². The van der Waals surface area contributed by atoms with Crippen molar-refractivity contribution in [3.63, 3.8) is 0 Å². The molecule has 0 saturated heterocycles. The largest absolute Gasteiger partial charge is 0.350 e. The average molecular weight is 336 g/mol. The van der Waals surface area contributed by atoms with E-state index in [0.29, 0.717) is 18.7 Å². The SMILES string of the molecule is Cc1nn(CCNC(=O)c2cccc(Br)c2)c(C)c1C. The van der Waals surface area contributed by atoms with Gasteiger partial charge in [-0.1, -0.05) is 22.0 Å². The smallest absolute Gasteiger partial charge is 0.251 e. The maximum absolute atomic E-state index is 12.0. The molecular formula is C15H18BrN3O. The third-order valence-electron chi connectivity index (χ3n) is 3.44. The minimum Gasteiger partial charge on any atom is -0.350 e. The third-order valence-corrected chi connectivity index (χ3v) is 3.93. The Morgan fingerprint density at radius 2 is 2.10 bits per heavy atom. The Kier molecular flexibility index (Phi) is 4.60. The molecule has 1 aromatic carbocycles. The van der Waals surface area contributed by atoms with E-state index < -0.39 is 0 Å². The molecule has 5 heteroatoms. The number of nitrogens with zero attached hydrogens (tertiary/aromatic N) is 2. The summed E-state index contributed by atoms with van der Waals surface area (Å²) >= 11 is 3.36. The van der Waals surface area contributed by atoms with Crippen LogP contribution in [0.4, 0.5) is 0 Å². The first-order chi connectivity index (χ1) is 9.49. The maximum atomic E-state index is 12.0. The topological polar surface area (TPSA) is 46.9 Å². The number of carbonyl (C=O) groups is 1. The van der Waals surface area contributed by atoms with Crippen molar-refractivity contribution in [1.29, 1.82) is 0 Å². The minimum atomic E-state index is -0.0652. The van der Waals surface area contributed by atoms with Gasteiger partial charge in [0.05, 0.1) is 12.2 Å². The van der Waals surface area contributed by atoms with E-state index in [4.69, 9.17) is 0 Å². The van der Waals surface area contributed by atoms with Crippen LogP contribution in [0.15, 0.2) is 28.7 Å². The zero-order chi connectivity index (χ0) is 14.7. The number of rotatable bonds is 4. The number of halogens is 1. The van der Waals surface area contributed by atoms with Crippen LogP contribution < -0.4 is 5.32 Å². The molecule has 2 aromatic rings. The summed E-state index contributed by atoms with van der Waals surface area (Å²) in [6, 6.07) is 7.36. The molecule has 0 aliphatic heterocycles. The van der Waals surface area contributed by atoms with Crippen LogP contribution in [0.25, 0.3) is 0 Å². The zero-order valence-corrected chi connectivity index (χ0v) is 13.5. The number of benzene rings is 1. The first-order valence-electron chi connectivity index (χ1n) is 6.53. The molecule has 106 valence electrons. The quantitative estimate of drug-likeness (QED) is 0.933. The van der Waals surface area contributed by atoms with Gasteiger partial charge in [0, 0.05) is 22.3 Å². The normalized spacial score (nSPS) is 10.6. The van der Waals surface area contributed by atoms with Gasteiger partial charge < -0.3 is 5.32 Å². The van der Waals surface area contributed by atoms with Crippen LogP contribution in [0.1, 0.15) is 27.3 Å². The van der Waals surface area contributed by atoms with Crippen LogP contribution >= 0.6 is 15.9 Å². The van der Waals surface area contributed by atoms with Crippen LogP contribution in [-0.4, -0.2) is 22.2 Å². The molecule has 0 saturated carbocycles. The first-order valence-corrected chi connectivity index (χ1v) is 7.32. The lowest BCUT2D eigenvalue weighted by Gasteiger charge is -2.07. The highest BCUT2D eigenvalue weighted by atomic mass is 79.9. The van der Waals surface area contributed by atoms with Gasteiger partial charge >= 0.3 is 0 Å². The number of hydrogen-bond donors (Lipinski definition) is 1. The number of nitrogens with one attached hydrogen (secondary N) is 1. The molecule has 0 spiro atoms. The molecule has 4 nitrogen and oxygen atoms in total. The number of aryl methyl sites for hydroxylation is 1. The molecule has 0 radical (unpaired) electrons. The predicted molar refractivity (Wildman–Crippen MR) is 82.9 cm³/mol. The van der Waals surface area contributed by atoms with E-state index in [-0.39, 0.29) is 5.91 Å². The standard InChI is InChI=1S/C15H18BrN3O/c1-10-11(2)18-19(12(10)3)8-7-17-15(20)13-5-4-6-14(16)9-13/h4-6,9H,7-8H2,1-3H3,(H,17,20). The number of amides is 1. The molecule has 1 amide bonds. The number of hydrogen-bond acceptors (Lipinski definition) is 2. The van der Waals surface area contributed by atoms with Gasteiger partial charge in [0.1, 0.15) is 0 Å². The highest BCUT2D eigenvalue weighted by Gasteiger charge is 2.08. The number of aromatic nitrogens is 2. The van der Waals surface area contributed by atoms with Crippen LogP contribution in [0, 0.1) is 20.8 Å². The monoisotopic (exact) mass is 335 g/mol. The Hall–Kier alpha value is -1.62. The summed E-state index contributed by atoms with van der Waals surface area (Å²) in [5.74, 6) is -0.0652. The van der Waals surface area contributed by atoms with Gasteiger partial charge in [-0.3, -0.25) is 9.48 Å². The Bertz CT molecular complexity index is 634. The van der Waals surface area contributed by atoms with Crippen molar-refractivity contribution in [2.45, 2.75) is 27.3 Å². The van der Waals surface area contributed by atoms with E-state index in [1.165, 1.54) is 5.56 Å². The van der Waals surface area contributed by atoms with Crippen LogP contribution in [0.5, 0.6) is 0 Å². The fraction of sp³-hybridized carbons (Fsp3) is 0.333. The van der Waals surface area contributed by atoms with Gasteiger partial charge in [0.2, 0.25) is 0 Å². The van der Waals surface area contributed by atoms with Crippen molar-refractivity contribution in [2.24, 2.45) is 0 Å². The van der Waals surface area contributed by atoms with Crippen molar-refractivity contribution in [1.82, 2.24) is 15.1 Å². The highest BCUT2D eigenvalue weighted by molar-refractivity contribution is 9.10. The van der Waals surface area contributed by atoms with Gasteiger partial charge in [-0.2, -0.15) is 5.10 Å². The van der Waals surface area contributed by atoms with Gasteiger partial charge in [-0.25, -0.2) is 0 Å². The van der Waals surface area contributed by atoms with Crippen molar-refractivity contribution in [3.05, 3.63) is 51.3 Å². The van der Waals surface area contributed by atoms with E-state index in [1.807, 2.05) is 36.7 Å². The third kappa shape index (κ3) is 3.28. The summed E-state index contributed by atoms with van der Waals surface area (Å²) in [7, 11) is 0. The molecule has 0 bridgehead atoms. The molecule has 0 atom stereocenters. The maximum Gasteiger partial charge on any atom is 0.251 e. The van der Waals surface area contributed by atoms with Gasteiger partial charge in [-0.15, -0.1) is 0 Å². The average Bonchev–Trinajstić information content (AvgIpc) is 2.66. The second-order valence-electron chi connectivity index (χ2n) is 4.79. The highest BCUT2D eigenvalue weighted by Crippen LogP contribution is 2.12. The molecule has 1 heterocycles.